The Kier molecular flexibility index (Phi) is 4.94. The summed E-state index contributed by atoms with van der Waals surface area (Å²) in [7, 11) is 1.40. The zero-order chi connectivity index (χ0) is 21.7. The molecule has 1 saturated carbocycles. The van der Waals surface area contributed by atoms with Gasteiger partial charge >= 0.3 is 6.01 Å². The van der Waals surface area contributed by atoms with E-state index >= 15 is 4.39 Å². The van der Waals surface area contributed by atoms with Crippen molar-refractivity contribution >= 4 is 28.3 Å². The first-order valence-corrected chi connectivity index (χ1v) is 10.4. The van der Waals surface area contributed by atoms with E-state index in [-0.39, 0.29) is 54.5 Å². The van der Waals surface area contributed by atoms with E-state index in [0.29, 0.717) is 28.3 Å². The number of aliphatic hydroxyl groups is 1. The van der Waals surface area contributed by atoms with Crippen LogP contribution in [0.3, 0.4) is 0 Å². The maximum atomic E-state index is 15.9. The molecule has 2 N–H and O–H groups in total. The number of halogens is 2. The molecule has 0 radical (unpaired) electrons. The van der Waals surface area contributed by atoms with Crippen LogP contribution in [0.4, 0.5) is 10.2 Å². The first kappa shape index (κ1) is 20.0. The highest BCUT2D eigenvalue weighted by Crippen LogP contribution is 2.50. The Morgan fingerprint density at radius 3 is 2.81 bits per heavy atom. The van der Waals surface area contributed by atoms with E-state index in [0.717, 1.165) is 18.4 Å². The Hall–Kier alpha value is -2.91. The molecule has 10 heteroatoms. The Morgan fingerprint density at radius 2 is 2.10 bits per heavy atom. The van der Waals surface area contributed by atoms with Crippen molar-refractivity contribution in [3.8, 4) is 28.9 Å². The monoisotopic (exact) mass is 446 g/mol. The van der Waals surface area contributed by atoms with Crippen molar-refractivity contribution in [3.05, 3.63) is 28.5 Å². The van der Waals surface area contributed by atoms with Gasteiger partial charge in [-0.25, -0.2) is 9.37 Å². The second-order valence-corrected chi connectivity index (χ2v) is 7.97. The highest BCUT2D eigenvalue weighted by Gasteiger charge is 2.33. The van der Waals surface area contributed by atoms with Crippen molar-refractivity contribution in [1.82, 2.24) is 15.0 Å². The number of phenols is 1. The van der Waals surface area contributed by atoms with Gasteiger partial charge in [-0.3, -0.25) is 0 Å². The van der Waals surface area contributed by atoms with Crippen LogP contribution in [0.1, 0.15) is 24.3 Å². The van der Waals surface area contributed by atoms with E-state index in [1.807, 2.05) is 0 Å². The summed E-state index contributed by atoms with van der Waals surface area (Å²) < 4.78 is 27.0. The molecule has 3 aromatic rings. The maximum Gasteiger partial charge on any atom is 0.318 e. The summed E-state index contributed by atoms with van der Waals surface area (Å²) in [4.78, 5) is 14.9. The average molecular weight is 447 g/mol. The van der Waals surface area contributed by atoms with Gasteiger partial charge < -0.3 is 24.6 Å². The summed E-state index contributed by atoms with van der Waals surface area (Å²) in [5.74, 6) is 0.00489. The first-order valence-electron chi connectivity index (χ1n) is 9.98. The van der Waals surface area contributed by atoms with Crippen molar-refractivity contribution in [2.45, 2.75) is 18.8 Å². The third-order valence-corrected chi connectivity index (χ3v) is 5.83. The van der Waals surface area contributed by atoms with Crippen LogP contribution in [0.25, 0.3) is 22.2 Å². The first-order chi connectivity index (χ1) is 15.0. The van der Waals surface area contributed by atoms with E-state index < -0.39 is 5.82 Å². The lowest BCUT2D eigenvalue weighted by Crippen LogP contribution is -2.30. The van der Waals surface area contributed by atoms with Crippen LogP contribution >= 0.6 is 11.6 Å². The zero-order valence-corrected chi connectivity index (χ0v) is 17.5. The van der Waals surface area contributed by atoms with Gasteiger partial charge in [0.15, 0.2) is 5.82 Å². The number of methoxy groups -OCH3 is 1. The van der Waals surface area contributed by atoms with Gasteiger partial charge in [0.25, 0.3) is 0 Å². The minimum Gasteiger partial charge on any atom is -0.508 e. The molecule has 31 heavy (non-hydrogen) atoms. The molecule has 0 unspecified atom stereocenters. The molecular formula is C21H20ClFN4O4. The lowest BCUT2D eigenvalue weighted by molar-refractivity contribution is 0.290. The normalized spacial score (nSPS) is 15.7. The minimum absolute atomic E-state index is 0.00418. The zero-order valence-electron chi connectivity index (χ0n) is 16.7. The summed E-state index contributed by atoms with van der Waals surface area (Å²) in [5, 5.41) is 20.3. The van der Waals surface area contributed by atoms with Crippen LogP contribution in [0, 0.1) is 5.82 Å². The molecule has 0 amide bonds. The Labute approximate surface area is 182 Å². The van der Waals surface area contributed by atoms with Gasteiger partial charge in [0.1, 0.15) is 34.8 Å². The molecule has 1 aliphatic heterocycles. The molecule has 1 aliphatic carbocycles. The SMILES string of the molecule is COc1nc2c3c(nc(-c4cc(O)cc(Cl)c4C4CC4)c(F)c3n1)OCCN2CCO. The minimum atomic E-state index is -0.682. The standard InChI is InChI=1S/C21H20ClFN4O4/c1-30-21-25-18-15-19(26-21)27(4-6-28)5-7-31-20(15)24-17(16(18)23)12-8-11(29)9-13(22)14(12)10-2-3-10/h8-10,28-29H,2-7H2,1H3. The molecule has 1 fully saturated rings. The fraction of sp³-hybridized carbons (Fsp3) is 0.381. The largest absolute Gasteiger partial charge is 0.508 e. The number of anilines is 1. The number of aromatic hydroxyl groups is 1. The molecule has 0 atom stereocenters. The van der Waals surface area contributed by atoms with E-state index in [2.05, 4.69) is 15.0 Å². The van der Waals surface area contributed by atoms with Crippen molar-refractivity contribution in [2.24, 2.45) is 0 Å². The number of aromatic nitrogens is 3. The average Bonchev–Trinajstić information content (AvgIpc) is 3.59. The number of ether oxygens (including phenoxy) is 2. The summed E-state index contributed by atoms with van der Waals surface area (Å²) >= 11 is 6.41. The number of hydrogen-bond acceptors (Lipinski definition) is 8. The Morgan fingerprint density at radius 1 is 1.29 bits per heavy atom. The molecule has 0 spiro atoms. The molecule has 0 saturated heterocycles. The van der Waals surface area contributed by atoms with Crippen LogP contribution in [0.15, 0.2) is 12.1 Å². The van der Waals surface area contributed by atoms with Crippen LogP contribution in [0.2, 0.25) is 5.02 Å². The third kappa shape index (κ3) is 3.37. The Bertz CT molecular complexity index is 1190. The number of rotatable bonds is 5. The number of nitrogens with zero attached hydrogens (tertiary/aromatic N) is 4. The van der Waals surface area contributed by atoms with Gasteiger partial charge in [0.2, 0.25) is 5.88 Å². The molecule has 2 aromatic heterocycles. The number of pyridine rings is 1. The molecule has 5 rings (SSSR count). The second-order valence-electron chi connectivity index (χ2n) is 7.56. The van der Waals surface area contributed by atoms with Gasteiger partial charge in [0, 0.05) is 17.1 Å². The number of β-amino-alcohol motifs (C(OH)–C–C–N with tert-alkyl or cyclic N) is 1. The van der Waals surface area contributed by atoms with Crippen molar-refractivity contribution in [2.75, 3.05) is 38.3 Å². The predicted octanol–water partition coefficient (Wildman–Crippen LogP) is 3.27. The molecule has 162 valence electrons. The van der Waals surface area contributed by atoms with Crippen LogP contribution in [-0.4, -0.2) is 58.6 Å². The lowest BCUT2D eigenvalue weighted by atomic mass is 9.98. The van der Waals surface area contributed by atoms with Crippen molar-refractivity contribution < 1.29 is 24.1 Å². The number of phenolic OH excluding ortho intramolecular Hbond substituents is 1. The van der Waals surface area contributed by atoms with Gasteiger partial charge in [-0.1, -0.05) is 11.6 Å². The van der Waals surface area contributed by atoms with E-state index in [9.17, 15) is 10.2 Å². The smallest absolute Gasteiger partial charge is 0.318 e. The lowest BCUT2D eigenvalue weighted by Gasteiger charge is -2.21. The van der Waals surface area contributed by atoms with E-state index in [1.54, 1.807) is 4.90 Å². The van der Waals surface area contributed by atoms with Gasteiger partial charge in [-0.15, -0.1) is 0 Å². The third-order valence-electron chi connectivity index (χ3n) is 5.52. The number of hydrogen-bond donors (Lipinski definition) is 2. The summed E-state index contributed by atoms with van der Waals surface area (Å²) in [6.07, 6.45) is 1.87. The fourth-order valence-corrected chi connectivity index (χ4v) is 4.36. The second kappa shape index (κ2) is 7.65. The van der Waals surface area contributed by atoms with Gasteiger partial charge in [-0.2, -0.15) is 9.97 Å². The van der Waals surface area contributed by atoms with Gasteiger partial charge in [-0.05, 0) is 36.5 Å². The molecule has 3 heterocycles. The van der Waals surface area contributed by atoms with Gasteiger partial charge in [0.05, 0.1) is 20.3 Å². The summed E-state index contributed by atoms with van der Waals surface area (Å²) in [5.41, 5.74) is 1.17. The van der Waals surface area contributed by atoms with E-state index in [1.165, 1.54) is 19.2 Å². The number of benzene rings is 1. The van der Waals surface area contributed by atoms with E-state index in [4.69, 9.17) is 21.1 Å². The molecular weight excluding hydrogens is 427 g/mol. The summed E-state index contributed by atoms with van der Waals surface area (Å²) in [6, 6.07) is 2.92. The highest BCUT2D eigenvalue weighted by molar-refractivity contribution is 6.32. The van der Waals surface area contributed by atoms with Crippen LogP contribution < -0.4 is 14.4 Å². The fourth-order valence-electron chi connectivity index (χ4n) is 3.99. The van der Waals surface area contributed by atoms with Crippen LogP contribution in [0.5, 0.6) is 17.6 Å². The molecule has 8 nitrogen and oxygen atoms in total. The summed E-state index contributed by atoms with van der Waals surface area (Å²) in [6.45, 7) is 0.871. The maximum absolute atomic E-state index is 15.9. The molecule has 0 bridgehead atoms. The Balaban J connectivity index is 1.82. The van der Waals surface area contributed by atoms with Crippen molar-refractivity contribution in [1.29, 1.82) is 0 Å². The van der Waals surface area contributed by atoms with Crippen LogP contribution in [-0.2, 0) is 0 Å². The molecule has 1 aromatic carbocycles. The highest BCUT2D eigenvalue weighted by atomic mass is 35.5. The molecule has 2 aliphatic rings. The number of aliphatic hydroxyl groups excluding tert-OH is 1. The van der Waals surface area contributed by atoms with Crippen molar-refractivity contribution in [3.63, 3.8) is 0 Å². The quantitative estimate of drug-likeness (QED) is 0.616. The topological polar surface area (TPSA) is 101 Å². The predicted molar refractivity (Wildman–Crippen MR) is 113 cm³/mol.